The zero-order chi connectivity index (χ0) is 15.4. The molecule has 5 heteroatoms. The van der Waals surface area contributed by atoms with Gasteiger partial charge in [0, 0.05) is 6.04 Å². The Labute approximate surface area is 135 Å². The van der Waals surface area contributed by atoms with Gasteiger partial charge in [-0.1, -0.05) is 43.0 Å². The minimum atomic E-state index is 0.00762. The molecule has 0 saturated carbocycles. The summed E-state index contributed by atoms with van der Waals surface area (Å²) in [5.41, 5.74) is 0.975. The summed E-state index contributed by atoms with van der Waals surface area (Å²) in [5, 5.41) is 0. The van der Waals surface area contributed by atoms with Crippen molar-refractivity contribution in [1.29, 1.82) is 0 Å². The summed E-state index contributed by atoms with van der Waals surface area (Å²) in [5.74, 6) is 0.843. The Morgan fingerprint density at radius 3 is 2.57 bits per heavy atom. The molecule has 1 aromatic carbocycles. The molecule has 1 aliphatic rings. The Bertz CT molecular complexity index is 566. The van der Waals surface area contributed by atoms with Crippen molar-refractivity contribution in [2.24, 2.45) is 0 Å². The maximum atomic E-state index is 12.4. The molecule has 0 radical (unpaired) electrons. The first-order valence-electron chi connectivity index (χ1n) is 7.06. The second-order valence-corrected chi connectivity index (χ2v) is 6.49. The number of thiocarbonyl (C=S) groups is 1. The molecule has 112 valence electrons. The first-order valence-corrected chi connectivity index (χ1v) is 8.29. The third-order valence-electron chi connectivity index (χ3n) is 3.34. The Morgan fingerprint density at radius 2 is 2.00 bits per heavy atom. The molecule has 1 amide bonds. The monoisotopic (exact) mass is 321 g/mol. The first kappa shape index (κ1) is 16.0. The lowest BCUT2D eigenvalue weighted by Gasteiger charge is -2.21. The van der Waals surface area contributed by atoms with Crippen LogP contribution in [-0.2, 0) is 4.79 Å². The smallest absolute Gasteiger partial charge is 0.266 e. The number of rotatable bonds is 5. The Hall–Kier alpha value is -1.33. The van der Waals surface area contributed by atoms with E-state index in [1.54, 1.807) is 4.90 Å². The summed E-state index contributed by atoms with van der Waals surface area (Å²) in [4.78, 5) is 14.8. The predicted molar refractivity (Wildman–Crippen MR) is 92.4 cm³/mol. The highest BCUT2D eigenvalue weighted by Gasteiger charge is 2.34. The normalized spacial score (nSPS) is 18.4. The van der Waals surface area contributed by atoms with E-state index >= 15 is 0 Å². The van der Waals surface area contributed by atoms with Gasteiger partial charge >= 0.3 is 0 Å². The summed E-state index contributed by atoms with van der Waals surface area (Å²) in [6.07, 6.45) is 2.78. The number of carbonyl (C=O) groups excluding carboxylic acids is 1. The van der Waals surface area contributed by atoms with Gasteiger partial charge in [0.2, 0.25) is 0 Å². The van der Waals surface area contributed by atoms with Gasteiger partial charge in [-0.2, -0.15) is 0 Å². The number of nitrogens with zero attached hydrogens (tertiary/aromatic N) is 1. The summed E-state index contributed by atoms with van der Waals surface area (Å²) in [6.45, 7) is 6.67. The van der Waals surface area contributed by atoms with E-state index in [4.69, 9.17) is 17.0 Å². The first-order chi connectivity index (χ1) is 10.1. The van der Waals surface area contributed by atoms with E-state index < -0.39 is 0 Å². The molecule has 0 spiro atoms. The second kappa shape index (κ2) is 7.09. The van der Waals surface area contributed by atoms with Crippen LogP contribution in [-0.4, -0.2) is 27.8 Å². The van der Waals surface area contributed by atoms with Crippen LogP contribution in [0.25, 0.3) is 6.08 Å². The molecule has 3 nitrogen and oxygen atoms in total. The van der Waals surface area contributed by atoms with E-state index in [0.717, 1.165) is 17.7 Å². The maximum Gasteiger partial charge on any atom is 0.266 e. The molecule has 21 heavy (non-hydrogen) atoms. The minimum absolute atomic E-state index is 0.00762. The van der Waals surface area contributed by atoms with Crippen LogP contribution in [0.15, 0.2) is 29.2 Å². The van der Waals surface area contributed by atoms with Gasteiger partial charge in [-0.15, -0.1) is 0 Å². The van der Waals surface area contributed by atoms with Crippen molar-refractivity contribution in [2.45, 2.75) is 33.2 Å². The number of thioether (sulfide) groups is 1. The van der Waals surface area contributed by atoms with Gasteiger partial charge in [0.1, 0.15) is 10.1 Å². The molecule has 1 atom stereocenters. The number of amides is 1. The van der Waals surface area contributed by atoms with Gasteiger partial charge in [0.15, 0.2) is 0 Å². The Kier molecular flexibility index (Phi) is 5.42. The molecule has 0 N–H and O–H groups in total. The highest BCUT2D eigenvalue weighted by atomic mass is 32.2. The molecule has 0 bridgehead atoms. The van der Waals surface area contributed by atoms with Crippen molar-refractivity contribution in [2.75, 3.05) is 6.61 Å². The van der Waals surface area contributed by atoms with Crippen LogP contribution in [0.2, 0.25) is 0 Å². The van der Waals surface area contributed by atoms with Crippen LogP contribution >= 0.6 is 24.0 Å². The van der Waals surface area contributed by atoms with Crippen LogP contribution in [0, 0.1) is 0 Å². The molecule has 1 aromatic rings. The van der Waals surface area contributed by atoms with Gasteiger partial charge in [-0.25, -0.2) is 0 Å². The molecule has 1 heterocycles. The molecule has 1 fully saturated rings. The van der Waals surface area contributed by atoms with E-state index in [9.17, 15) is 4.79 Å². The lowest BCUT2D eigenvalue weighted by molar-refractivity contribution is -0.123. The van der Waals surface area contributed by atoms with Crippen molar-refractivity contribution in [3.63, 3.8) is 0 Å². The molecular weight excluding hydrogens is 302 g/mol. The lowest BCUT2D eigenvalue weighted by Crippen LogP contribution is -2.36. The van der Waals surface area contributed by atoms with E-state index in [2.05, 4.69) is 6.92 Å². The van der Waals surface area contributed by atoms with Crippen molar-refractivity contribution in [3.8, 4) is 5.75 Å². The van der Waals surface area contributed by atoms with Crippen LogP contribution < -0.4 is 4.74 Å². The predicted octanol–water partition coefficient (Wildman–Crippen LogP) is 4.09. The molecular formula is C16H19NO2S2. The average molecular weight is 321 g/mol. The fourth-order valence-electron chi connectivity index (χ4n) is 2.02. The van der Waals surface area contributed by atoms with Crippen LogP contribution in [0.4, 0.5) is 0 Å². The minimum Gasteiger partial charge on any atom is -0.494 e. The fraction of sp³-hybridized carbons (Fsp3) is 0.375. The topological polar surface area (TPSA) is 29.5 Å². The molecule has 0 unspecified atom stereocenters. The number of ether oxygens (including phenoxy) is 1. The van der Waals surface area contributed by atoms with E-state index in [1.807, 2.05) is 44.2 Å². The number of carbonyl (C=O) groups is 1. The quantitative estimate of drug-likeness (QED) is 0.603. The van der Waals surface area contributed by atoms with E-state index in [1.165, 1.54) is 11.8 Å². The summed E-state index contributed by atoms with van der Waals surface area (Å²) < 4.78 is 6.06. The van der Waals surface area contributed by atoms with E-state index in [0.29, 0.717) is 15.8 Å². The standard InChI is InChI=1S/C16H19NO2S2/c1-4-11(3)17-15(18)14(21-16(17)20)10-12-6-8-13(9-7-12)19-5-2/h6-11H,4-5H2,1-3H3/b14-10-/t11-/m0/s1. The second-order valence-electron chi connectivity index (χ2n) is 4.81. The number of hydrogen-bond donors (Lipinski definition) is 0. The maximum absolute atomic E-state index is 12.4. The summed E-state index contributed by atoms with van der Waals surface area (Å²) in [6, 6.07) is 7.85. The van der Waals surface area contributed by atoms with Crippen LogP contribution in [0.3, 0.4) is 0 Å². The molecule has 0 aromatic heterocycles. The highest BCUT2D eigenvalue weighted by Crippen LogP contribution is 2.34. The molecule has 1 aliphatic heterocycles. The number of benzene rings is 1. The average Bonchev–Trinajstić information content (AvgIpc) is 2.75. The van der Waals surface area contributed by atoms with Crippen LogP contribution in [0.5, 0.6) is 5.75 Å². The van der Waals surface area contributed by atoms with Crippen molar-refractivity contribution in [1.82, 2.24) is 4.90 Å². The van der Waals surface area contributed by atoms with Gasteiger partial charge < -0.3 is 4.74 Å². The Morgan fingerprint density at radius 1 is 1.33 bits per heavy atom. The van der Waals surface area contributed by atoms with Gasteiger partial charge in [-0.3, -0.25) is 9.69 Å². The van der Waals surface area contributed by atoms with Crippen molar-refractivity contribution in [3.05, 3.63) is 34.7 Å². The molecule has 2 rings (SSSR count). The number of hydrogen-bond acceptors (Lipinski definition) is 4. The summed E-state index contributed by atoms with van der Waals surface area (Å²) in [7, 11) is 0. The van der Waals surface area contributed by atoms with Gasteiger partial charge in [0.05, 0.1) is 11.5 Å². The Balaban J connectivity index is 2.18. The third-order valence-corrected chi connectivity index (χ3v) is 4.67. The van der Waals surface area contributed by atoms with Crippen molar-refractivity contribution >= 4 is 40.3 Å². The van der Waals surface area contributed by atoms with Gasteiger partial charge in [0.25, 0.3) is 5.91 Å². The summed E-state index contributed by atoms with van der Waals surface area (Å²) >= 11 is 6.69. The van der Waals surface area contributed by atoms with E-state index in [-0.39, 0.29) is 11.9 Å². The third kappa shape index (κ3) is 3.66. The van der Waals surface area contributed by atoms with Crippen LogP contribution in [0.1, 0.15) is 32.8 Å². The zero-order valence-corrected chi connectivity index (χ0v) is 14.1. The fourth-order valence-corrected chi connectivity index (χ4v) is 3.48. The lowest BCUT2D eigenvalue weighted by atomic mass is 10.2. The van der Waals surface area contributed by atoms with Crippen molar-refractivity contribution < 1.29 is 9.53 Å². The SMILES string of the molecule is CCOc1ccc(/C=C2\SC(=S)N([C@@H](C)CC)C2=O)cc1. The highest BCUT2D eigenvalue weighted by molar-refractivity contribution is 8.26. The largest absolute Gasteiger partial charge is 0.494 e. The zero-order valence-electron chi connectivity index (χ0n) is 12.5. The van der Waals surface area contributed by atoms with Gasteiger partial charge in [-0.05, 0) is 44.0 Å². The molecule has 0 aliphatic carbocycles. The molecule has 1 saturated heterocycles.